The predicted molar refractivity (Wildman–Crippen MR) is 69.0 cm³/mol. The fourth-order valence-electron chi connectivity index (χ4n) is 1.79. The molecule has 0 aromatic heterocycles. The van der Waals surface area contributed by atoms with Crippen LogP contribution in [0.5, 0.6) is 0 Å². The zero-order valence-electron chi connectivity index (χ0n) is 11.3. The molecule has 0 bridgehead atoms. The molecule has 0 fully saturated rings. The summed E-state index contributed by atoms with van der Waals surface area (Å²) in [4.78, 5) is 2.56. The topological polar surface area (TPSA) is 29.3 Å². The van der Waals surface area contributed by atoms with Gasteiger partial charge in [-0.15, -0.1) is 0 Å². The molecule has 2 nitrogen and oxygen atoms in total. The number of nitrogens with two attached hydrogens (primary N) is 1. The van der Waals surface area contributed by atoms with Crippen molar-refractivity contribution in [2.75, 3.05) is 13.1 Å². The number of nitrogens with zero attached hydrogens (tertiary/aromatic N) is 1. The van der Waals surface area contributed by atoms with Crippen LogP contribution in [-0.2, 0) is 0 Å². The summed E-state index contributed by atoms with van der Waals surface area (Å²) in [5.74, 6) is 0.757. The van der Waals surface area contributed by atoms with Crippen molar-refractivity contribution in [1.82, 2.24) is 4.90 Å². The molecule has 0 radical (unpaired) electrons. The maximum absolute atomic E-state index is 5.92. The van der Waals surface area contributed by atoms with Crippen LogP contribution in [0, 0.1) is 5.92 Å². The lowest BCUT2D eigenvalue weighted by molar-refractivity contribution is 0.192. The SMILES string of the molecule is CCC(N)CCCN(CC(C)C)C(C)C. The van der Waals surface area contributed by atoms with E-state index < -0.39 is 0 Å². The van der Waals surface area contributed by atoms with Crippen molar-refractivity contribution < 1.29 is 0 Å². The van der Waals surface area contributed by atoms with Crippen molar-refractivity contribution in [2.45, 2.75) is 66.0 Å². The monoisotopic (exact) mass is 214 g/mol. The highest BCUT2D eigenvalue weighted by molar-refractivity contribution is 4.67. The van der Waals surface area contributed by atoms with Crippen molar-refractivity contribution in [3.8, 4) is 0 Å². The van der Waals surface area contributed by atoms with Crippen molar-refractivity contribution in [1.29, 1.82) is 0 Å². The van der Waals surface area contributed by atoms with Crippen LogP contribution in [0.2, 0.25) is 0 Å². The molecule has 2 N–H and O–H groups in total. The zero-order chi connectivity index (χ0) is 11.8. The second kappa shape index (κ2) is 8.12. The first-order valence-corrected chi connectivity index (χ1v) is 6.47. The Hall–Kier alpha value is -0.0800. The molecule has 0 rings (SSSR count). The number of hydrogen-bond donors (Lipinski definition) is 1. The first-order valence-electron chi connectivity index (χ1n) is 6.47. The lowest BCUT2D eigenvalue weighted by Gasteiger charge is -2.28. The highest BCUT2D eigenvalue weighted by Gasteiger charge is 2.11. The molecule has 0 aliphatic rings. The van der Waals surface area contributed by atoms with E-state index in [2.05, 4.69) is 39.5 Å². The van der Waals surface area contributed by atoms with E-state index >= 15 is 0 Å². The Morgan fingerprint density at radius 2 is 1.73 bits per heavy atom. The van der Waals surface area contributed by atoms with Gasteiger partial charge in [0.25, 0.3) is 0 Å². The Kier molecular flexibility index (Phi) is 8.07. The third kappa shape index (κ3) is 7.80. The molecule has 92 valence electrons. The van der Waals surface area contributed by atoms with Gasteiger partial charge in [0.2, 0.25) is 0 Å². The quantitative estimate of drug-likeness (QED) is 0.673. The Bertz CT molecular complexity index is 143. The van der Waals surface area contributed by atoms with Crippen molar-refractivity contribution in [2.24, 2.45) is 11.7 Å². The molecule has 0 saturated heterocycles. The van der Waals surface area contributed by atoms with Crippen LogP contribution in [0.15, 0.2) is 0 Å². The minimum absolute atomic E-state index is 0.401. The Morgan fingerprint density at radius 1 is 1.13 bits per heavy atom. The molecule has 0 aromatic rings. The van der Waals surface area contributed by atoms with Gasteiger partial charge >= 0.3 is 0 Å². The molecule has 1 unspecified atom stereocenters. The summed E-state index contributed by atoms with van der Waals surface area (Å²) in [5, 5.41) is 0. The molecule has 0 aliphatic carbocycles. The van der Waals surface area contributed by atoms with Crippen LogP contribution in [-0.4, -0.2) is 30.1 Å². The van der Waals surface area contributed by atoms with E-state index in [0.717, 1.165) is 18.8 Å². The van der Waals surface area contributed by atoms with Gasteiger partial charge in [-0.2, -0.15) is 0 Å². The molecule has 0 aromatic carbocycles. The molecular formula is C13H30N2. The van der Waals surface area contributed by atoms with Crippen LogP contribution in [0.4, 0.5) is 0 Å². The van der Waals surface area contributed by atoms with Gasteiger partial charge < -0.3 is 10.6 Å². The Balaban J connectivity index is 3.76. The summed E-state index contributed by atoms with van der Waals surface area (Å²) in [6.07, 6.45) is 3.50. The van der Waals surface area contributed by atoms with Crippen molar-refractivity contribution in [3.05, 3.63) is 0 Å². The molecule has 0 spiro atoms. The fourth-order valence-corrected chi connectivity index (χ4v) is 1.79. The maximum Gasteiger partial charge on any atom is 0.00387 e. The Morgan fingerprint density at radius 3 is 2.13 bits per heavy atom. The van der Waals surface area contributed by atoms with Gasteiger partial charge in [0, 0.05) is 18.6 Å². The van der Waals surface area contributed by atoms with E-state index in [9.17, 15) is 0 Å². The largest absolute Gasteiger partial charge is 0.328 e. The van der Waals surface area contributed by atoms with Crippen molar-refractivity contribution >= 4 is 0 Å². The molecule has 0 aliphatic heterocycles. The van der Waals surface area contributed by atoms with Crippen LogP contribution in [0.3, 0.4) is 0 Å². The summed E-state index contributed by atoms with van der Waals surface area (Å²) in [7, 11) is 0. The van der Waals surface area contributed by atoms with E-state index in [1.54, 1.807) is 0 Å². The zero-order valence-corrected chi connectivity index (χ0v) is 11.3. The molecular weight excluding hydrogens is 184 g/mol. The summed E-state index contributed by atoms with van der Waals surface area (Å²) < 4.78 is 0. The van der Waals surface area contributed by atoms with Gasteiger partial charge in [-0.1, -0.05) is 20.8 Å². The number of hydrogen-bond acceptors (Lipinski definition) is 2. The van der Waals surface area contributed by atoms with E-state index in [1.165, 1.54) is 19.5 Å². The van der Waals surface area contributed by atoms with Crippen LogP contribution in [0.25, 0.3) is 0 Å². The van der Waals surface area contributed by atoms with E-state index in [-0.39, 0.29) is 0 Å². The standard InChI is InChI=1S/C13H30N2/c1-6-13(14)8-7-9-15(12(4)5)10-11(2)3/h11-13H,6-10,14H2,1-5H3. The molecule has 1 atom stereocenters. The molecule has 15 heavy (non-hydrogen) atoms. The number of rotatable bonds is 8. The highest BCUT2D eigenvalue weighted by atomic mass is 15.1. The second-order valence-corrected chi connectivity index (χ2v) is 5.29. The summed E-state index contributed by atoms with van der Waals surface area (Å²) in [5.41, 5.74) is 5.92. The van der Waals surface area contributed by atoms with Crippen LogP contribution >= 0.6 is 0 Å². The average Bonchev–Trinajstić information content (AvgIpc) is 2.15. The Labute approximate surface area is 96.2 Å². The third-order valence-corrected chi connectivity index (χ3v) is 2.87. The minimum atomic E-state index is 0.401. The first-order chi connectivity index (χ1) is 6.97. The lowest BCUT2D eigenvalue weighted by Crippen LogP contribution is -2.35. The molecule has 0 heterocycles. The van der Waals surface area contributed by atoms with Gasteiger partial charge in [0.1, 0.15) is 0 Å². The predicted octanol–water partition coefficient (Wildman–Crippen LogP) is 2.87. The first kappa shape index (κ1) is 14.9. The summed E-state index contributed by atoms with van der Waals surface area (Å²) in [6.45, 7) is 13.7. The average molecular weight is 214 g/mol. The summed E-state index contributed by atoms with van der Waals surface area (Å²) in [6, 6.07) is 1.06. The second-order valence-electron chi connectivity index (χ2n) is 5.29. The summed E-state index contributed by atoms with van der Waals surface area (Å²) >= 11 is 0. The third-order valence-electron chi connectivity index (χ3n) is 2.87. The molecule has 0 saturated carbocycles. The minimum Gasteiger partial charge on any atom is -0.328 e. The lowest BCUT2D eigenvalue weighted by atomic mass is 10.1. The smallest absolute Gasteiger partial charge is 0.00387 e. The molecule has 0 amide bonds. The molecule has 2 heteroatoms. The van der Waals surface area contributed by atoms with Crippen LogP contribution in [0.1, 0.15) is 53.9 Å². The van der Waals surface area contributed by atoms with Crippen LogP contribution < -0.4 is 5.73 Å². The van der Waals surface area contributed by atoms with E-state index in [0.29, 0.717) is 12.1 Å². The van der Waals surface area contributed by atoms with Gasteiger partial charge in [-0.05, 0) is 45.6 Å². The van der Waals surface area contributed by atoms with E-state index in [1.807, 2.05) is 0 Å². The van der Waals surface area contributed by atoms with Crippen molar-refractivity contribution in [3.63, 3.8) is 0 Å². The maximum atomic E-state index is 5.92. The normalized spacial score (nSPS) is 14.2. The van der Waals surface area contributed by atoms with Gasteiger partial charge in [-0.25, -0.2) is 0 Å². The fraction of sp³-hybridized carbons (Fsp3) is 1.00. The highest BCUT2D eigenvalue weighted by Crippen LogP contribution is 2.07. The van der Waals surface area contributed by atoms with Gasteiger partial charge in [-0.3, -0.25) is 0 Å². The van der Waals surface area contributed by atoms with Gasteiger partial charge in [0.05, 0.1) is 0 Å². The van der Waals surface area contributed by atoms with Gasteiger partial charge in [0.15, 0.2) is 0 Å². The van der Waals surface area contributed by atoms with E-state index in [4.69, 9.17) is 5.73 Å².